The van der Waals surface area contributed by atoms with Gasteiger partial charge in [-0.3, -0.25) is 4.99 Å². The largest absolute Gasteiger partial charge is 0.265 e. The van der Waals surface area contributed by atoms with Gasteiger partial charge < -0.3 is 0 Å². The first-order chi connectivity index (χ1) is 6.29. The fourth-order valence-electron chi connectivity index (χ4n) is 0.858. The molecule has 0 N–H and O–H groups in total. The van der Waals surface area contributed by atoms with E-state index in [9.17, 15) is 0 Å². The molecule has 0 rings (SSSR count). The third-order valence-corrected chi connectivity index (χ3v) is 1.48. The van der Waals surface area contributed by atoms with Crippen LogP contribution in [0.4, 0.5) is 0 Å². The maximum Gasteiger partial charge on any atom is 0.0342 e. The van der Waals surface area contributed by atoms with Crippen molar-refractivity contribution in [1.29, 1.82) is 0 Å². The minimum Gasteiger partial charge on any atom is -0.265 e. The normalized spacial score (nSPS) is 13.0. The van der Waals surface area contributed by atoms with Crippen LogP contribution >= 0.6 is 0 Å². The van der Waals surface area contributed by atoms with Crippen molar-refractivity contribution in [3.8, 4) is 0 Å². The van der Waals surface area contributed by atoms with Gasteiger partial charge in [-0.05, 0) is 18.1 Å². The van der Waals surface area contributed by atoms with Crippen molar-refractivity contribution in [1.82, 2.24) is 0 Å². The van der Waals surface area contributed by atoms with E-state index >= 15 is 0 Å². The Morgan fingerprint density at radius 1 is 1.15 bits per heavy atom. The van der Waals surface area contributed by atoms with Gasteiger partial charge in [-0.15, -0.1) is 0 Å². The second-order valence-corrected chi connectivity index (χ2v) is 2.27. The van der Waals surface area contributed by atoms with Gasteiger partial charge >= 0.3 is 0 Å². The van der Waals surface area contributed by atoms with Crippen LogP contribution in [0.2, 0.25) is 0 Å². The standard InChI is InChI=1S/C12H15N/c1-5-9-11(6-2)12(7-3)10-13-8-4/h5-10H,1-2,4H2,3H3/b11-9-,12-7-,13-10?. The molecule has 0 aromatic heterocycles. The molecule has 68 valence electrons. The zero-order valence-corrected chi connectivity index (χ0v) is 8.03. The number of hydrogen-bond donors (Lipinski definition) is 0. The van der Waals surface area contributed by atoms with Crippen LogP contribution in [0.3, 0.4) is 0 Å². The van der Waals surface area contributed by atoms with Crippen molar-refractivity contribution in [3.63, 3.8) is 0 Å². The maximum absolute atomic E-state index is 3.94. The molecule has 0 aliphatic rings. The van der Waals surface area contributed by atoms with Gasteiger partial charge in [-0.1, -0.05) is 44.0 Å². The topological polar surface area (TPSA) is 12.4 Å². The summed E-state index contributed by atoms with van der Waals surface area (Å²) in [6, 6.07) is 0. The van der Waals surface area contributed by atoms with Gasteiger partial charge in [-0.25, -0.2) is 0 Å². The molecule has 0 atom stereocenters. The Morgan fingerprint density at radius 2 is 1.85 bits per heavy atom. The summed E-state index contributed by atoms with van der Waals surface area (Å²) in [5.41, 5.74) is 2.01. The van der Waals surface area contributed by atoms with Crippen molar-refractivity contribution in [2.45, 2.75) is 6.92 Å². The van der Waals surface area contributed by atoms with Gasteiger partial charge in [-0.2, -0.15) is 0 Å². The van der Waals surface area contributed by atoms with Gasteiger partial charge in [0.15, 0.2) is 0 Å². The summed E-state index contributed by atoms with van der Waals surface area (Å²) in [5.74, 6) is 0. The molecule has 0 spiro atoms. The Bertz CT molecular complexity index is 277. The van der Waals surface area contributed by atoms with E-state index in [1.165, 1.54) is 6.20 Å². The zero-order chi connectivity index (χ0) is 10.1. The average molecular weight is 173 g/mol. The average Bonchev–Trinajstić information content (AvgIpc) is 2.17. The third kappa shape index (κ3) is 4.06. The second kappa shape index (κ2) is 7.04. The van der Waals surface area contributed by atoms with Gasteiger partial charge in [0.25, 0.3) is 0 Å². The summed E-state index contributed by atoms with van der Waals surface area (Å²) < 4.78 is 0. The molecule has 0 radical (unpaired) electrons. The van der Waals surface area contributed by atoms with Crippen LogP contribution in [0.5, 0.6) is 0 Å². The molecule has 0 bridgehead atoms. The lowest BCUT2D eigenvalue weighted by atomic mass is 10.1. The summed E-state index contributed by atoms with van der Waals surface area (Å²) in [7, 11) is 0. The third-order valence-electron chi connectivity index (χ3n) is 1.48. The highest BCUT2D eigenvalue weighted by molar-refractivity contribution is 5.86. The number of rotatable bonds is 5. The predicted octanol–water partition coefficient (Wildman–Crippen LogP) is 3.45. The molecule has 0 saturated heterocycles. The van der Waals surface area contributed by atoms with Gasteiger partial charge in [0.2, 0.25) is 0 Å². The Labute approximate surface area is 80.2 Å². The molecule has 0 aromatic carbocycles. The smallest absolute Gasteiger partial charge is 0.0342 e. The van der Waals surface area contributed by atoms with Crippen molar-refractivity contribution in [2.24, 2.45) is 4.99 Å². The Balaban J connectivity index is 4.85. The lowest BCUT2D eigenvalue weighted by Gasteiger charge is -1.99. The Morgan fingerprint density at radius 3 is 2.23 bits per heavy atom. The molecule has 0 unspecified atom stereocenters. The lowest BCUT2D eigenvalue weighted by Crippen LogP contribution is -1.87. The van der Waals surface area contributed by atoms with Gasteiger partial charge in [0.1, 0.15) is 0 Å². The molecule has 0 aromatic rings. The highest BCUT2D eigenvalue weighted by Gasteiger charge is 1.94. The van der Waals surface area contributed by atoms with Crippen LogP contribution in [0.15, 0.2) is 66.4 Å². The summed E-state index contributed by atoms with van der Waals surface area (Å²) >= 11 is 0. The van der Waals surface area contributed by atoms with E-state index in [4.69, 9.17) is 0 Å². The fraction of sp³-hybridized carbons (Fsp3) is 0.0833. The molecule has 13 heavy (non-hydrogen) atoms. The first-order valence-electron chi connectivity index (χ1n) is 4.06. The summed E-state index contributed by atoms with van der Waals surface area (Å²) in [6.07, 6.45) is 10.6. The van der Waals surface area contributed by atoms with Crippen molar-refractivity contribution in [2.75, 3.05) is 0 Å². The summed E-state index contributed by atoms with van der Waals surface area (Å²) in [4.78, 5) is 3.94. The van der Waals surface area contributed by atoms with E-state index in [0.717, 1.165) is 11.1 Å². The predicted molar refractivity (Wildman–Crippen MR) is 60.9 cm³/mol. The van der Waals surface area contributed by atoms with Crippen molar-refractivity contribution < 1.29 is 0 Å². The minimum absolute atomic E-state index is 1.00. The van der Waals surface area contributed by atoms with Crippen LogP contribution in [0, 0.1) is 0 Å². The quantitative estimate of drug-likeness (QED) is 0.446. The van der Waals surface area contributed by atoms with E-state index in [2.05, 4.69) is 24.7 Å². The van der Waals surface area contributed by atoms with Crippen LogP contribution in [-0.4, -0.2) is 6.21 Å². The van der Waals surface area contributed by atoms with Crippen LogP contribution in [-0.2, 0) is 0 Å². The minimum atomic E-state index is 1.00. The fourth-order valence-corrected chi connectivity index (χ4v) is 0.858. The van der Waals surface area contributed by atoms with Crippen LogP contribution in [0.25, 0.3) is 0 Å². The SMILES string of the molecule is C=C/C=C(C=C)\C(C=NC=C)=C/C. The maximum atomic E-state index is 3.94. The molecule has 0 heterocycles. The number of hydrogen-bond acceptors (Lipinski definition) is 1. The zero-order valence-electron chi connectivity index (χ0n) is 8.03. The van der Waals surface area contributed by atoms with Gasteiger partial charge in [0, 0.05) is 12.4 Å². The monoisotopic (exact) mass is 173 g/mol. The first-order valence-corrected chi connectivity index (χ1v) is 4.06. The first kappa shape index (κ1) is 11.4. The molecule has 1 nitrogen and oxygen atoms in total. The molecule has 0 aliphatic heterocycles. The molecule has 0 aliphatic carbocycles. The van der Waals surface area contributed by atoms with Crippen molar-refractivity contribution in [3.05, 3.63) is 61.4 Å². The van der Waals surface area contributed by atoms with Crippen molar-refractivity contribution >= 4 is 6.21 Å². The van der Waals surface area contributed by atoms with E-state index in [-0.39, 0.29) is 0 Å². The molecule has 1 heteroatoms. The molecule has 0 amide bonds. The number of aliphatic imine (C=N–C) groups is 1. The lowest BCUT2D eigenvalue weighted by molar-refractivity contribution is 1.53. The van der Waals surface area contributed by atoms with Crippen LogP contribution in [0.1, 0.15) is 6.92 Å². The highest BCUT2D eigenvalue weighted by Crippen LogP contribution is 2.08. The van der Waals surface area contributed by atoms with Gasteiger partial charge in [0.05, 0.1) is 0 Å². The molecular weight excluding hydrogens is 158 g/mol. The molecular formula is C12H15N. The summed E-state index contributed by atoms with van der Waals surface area (Å²) in [5, 5.41) is 0. The van der Waals surface area contributed by atoms with E-state index < -0.39 is 0 Å². The number of allylic oxidation sites excluding steroid dienone is 6. The molecule has 0 fully saturated rings. The summed E-state index contributed by atoms with van der Waals surface area (Å²) in [6.45, 7) is 12.8. The van der Waals surface area contributed by atoms with E-state index in [0.29, 0.717) is 0 Å². The highest BCUT2D eigenvalue weighted by atomic mass is 14.7. The Hall–Kier alpha value is -1.63. The van der Waals surface area contributed by atoms with E-state index in [1.54, 1.807) is 18.4 Å². The number of nitrogens with zero attached hydrogens (tertiary/aromatic N) is 1. The Kier molecular flexibility index (Phi) is 6.16. The van der Waals surface area contributed by atoms with E-state index in [1.807, 2.05) is 19.1 Å². The molecule has 0 saturated carbocycles. The second-order valence-electron chi connectivity index (χ2n) is 2.27. The van der Waals surface area contributed by atoms with Crippen LogP contribution < -0.4 is 0 Å².